The van der Waals surface area contributed by atoms with Crippen LogP contribution in [0.1, 0.15) is 23.2 Å². The zero-order chi connectivity index (χ0) is 14.1. The molecule has 0 bridgehead atoms. The Balaban J connectivity index is 2.39. The zero-order valence-corrected chi connectivity index (χ0v) is 11.7. The number of hydrogen-bond acceptors (Lipinski definition) is 5. The number of pyridine rings is 1. The Morgan fingerprint density at radius 3 is 2.68 bits per heavy atom. The molecule has 0 unspecified atom stereocenters. The largest absolute Gasteiger partial charge is 0.477 e. The number of methoxy groups -OCH3 is 1. The van der Waals surface area contributed by atoms with Gasteiger partial charge in [0, 0.05) is 25.8 Å². The Kier molecular flexibility index (Phi) is 6.86. The average Bonchev–Trinajstić information content (AvgIpc) is 2.37. The van der Waals surface area contributed by atoms with Gasteiger partial charge in [-0.1, -0.05) is 0 Å². The van der Waals surface area contributed by atoms with Gasteiger partial charge in [-0.05, 0) is 25.5 Å². The second-order valence-electron chi connectivity index (χ2n) is 4.18. The van der Waals surface area contributed by atoms with Crippen molar-refractivity contribution in [1.29, 1.82) is 5.26 Å². The summed E-state index contributed by atoms with van der Waals surface area (Å²) < 4.78 is 15.7. The molecule has 19 heavy (non-hydrogen) atoms. The van der Waals surface area contributed by atoms with Gasteiger partial charge in [-0.25, -0.2) is 4.98 Å². The van der Waals surface area contributed by atoms with E-state index >= 15 is 0 Å². The van der Waals surface area contributed by atoms with Crippen molar-refractivity contribution in [3.8, 4) is 11.9 Å². The summed E-state index contributed by atoms with van der Waals surface area (Å²) in [5.74, 6) is 0.414. The number of aromatic nitrogens is 1. The number of ether oxygens (including phenoxy) is 3. The van der Waals surface area contributed by atoms with Crippen LogP contribution in [0.5, 0.6) is 5.88 Å². The first-order valence-electron chi connectivity index (χ1n) is 6.27. The van der Waals surface area contributed by atoms with E-state index in [0.29, 0.717) is 37.9 Å². The van der Waals surface area contributed by atoms with Crippen LogP contribution in [0.4, 0.5) is 0 Å². The maximum absolute atomic E-state index is 9.08. The third kappa shape index (κ3) is 5.25. The van der Waals surface area contributed by atoms with Crippen LogP contribution in [0.15, 0.2) is 6.07 Å². The maximum Gasteiger partial charge on any atom is 0.232 e. The standard InChI is InChI=1S/C14H20N2O3/c1-11-9-12(2)16-14(13(11)10-15)19-6-4-5-18-8-7-17-3/h9H,4-8H2,1-3H3. The van der Waals surface area contributed by atoms with E-state index in [0.717, 1.165) is 17.7 Å². The summed E-state index contributed by atoms with van der Waals surface area (Å²) >= 11 is 0. The van der Waals surface area contributed by atoms with Crippen LogP contribution in [-0.4, -0.2) is 38.5 Å². The highest BCUT2D eigenvalue weighted by Crippen LogP contribution is 2.19. The van der Waals surface area contributed by atoms with E-state index in [1.807, 2.05) is 19.9 Å². The predicted molar refractivity (Wildman–Crippen MR) is 71.2 cm³/mol. The van der Waals surface area contributed by atoms with Gasteiger partial charge in [0.1, 0.15) is 11.6 Å². The van der Waals surface area contributed by atoms with Crippen molar-refractivity contribution in [2.75, 3.05) is 33.5 Å². The predicted octanol–water partition coefficient (Wildman–Crippen LogP) is 2.00. The minimum Gasteiger partial charge on any atom is -0.477 e. The normalized spacial score (nSPS) is 10.2. The second kappa shape index (κ2) is 8.46. The van der Waals surface area contributed by atoms with Crippen molar-refractivity contribution in [2.24, 2.45) is 0 Å². The summed E-state index contributed by atoms with van der Waals surface area (Å²) in [5, 5.41) is 9.08. The van der Waals surface area contributed by atoms with Crippen LogP contribution < -0.4 is 4.74 Å². The van der Waals surface area contributed by atoms with Gasteiger partial charge in [0.05, 0.1) is 19.8 Å². The van der Waals surface area contributed by atoms with E-state index in [1.54, 1.807) is 7.11 Å². The Morgan fingerprint density at radius 1 is 1.21 bits per heavy atom. The molecule has 0 radical (unpaired) electrons. The minimum absolute atomic E-state index is 0.414. The number of rotatable bonds is 8. The number of hydrogen-bond donors (Lipinski definition) is 0. The molecule has 0 N–H and O–H groups in total. The van der Waals surface area contributed by atoms with E-state index in [4.69, 9.17) is 19.5 Å². The highest BCUT2D eigenvalue weighted by molar-refractivity contribution is 5.45. The Morgan fingerprint density at radius 2 is 2.00 bits per heavy atom. The van der Waals surface area contributed by atoms with Gasteiger partial charge < -0.3 is 14.2 Å². The van der Waals surface area contributed by atoms with Crippen molar-refractivity contribution >= 4 is 0 Å². The van der Waals surface area contributed by atoms with Gasteiger partial charge in [0.15, 0.2) is 0 Å². The Bertz CT molecular complexity index is 441. The minimum atomic E-state index is 0.414. The van der Waals surface area contributed by atoms with Crippen LogP contribution in [0.2, 0.25) is 0 Å². The van der Waals surface area contributed by atoms with E-state index in [-0.39, 0.29) is 0 Å². The third-order valence-corrected chi connectivity index (χ3v) is 2.53. The molecule has 0 spiro atoms. The van der Waals surface area contributed by atoms with E-state index in [2.05, 4.69) is 11.1 Å². The van der Waals surface area contributed by atoms with Crippen molar-refractivity contribution in [1.82, 2.24) is 4.98 Å². The molecule has 0 aliphatic carbocycles. The molecular weight excluding hydrogens is 244 g/mol. The molecule has 5 nitrogen and oxygen atoms in total. The summed E-state index contributed by atoms with van der Waals surface area (Å²) in [4.78, 5) is 4.25. The number of nitrogens with zero attached hydrogens (tertiary/aromatic N) is 2. The topological polar surface area (TPSA) is 64.4 Å². The molecule has 1 aromatic rings. The number of nitriles is 1. The Hall–Kier alpha value is -1.64. The highest BCUT2D eigenvalue weighted by Gasteiger charge is 2.09. The molecule has 1 rings (SSSR count). The van der Waals surface area contributed by atoms with Crippen LogP contribution in [0, 0.1) is 25.2 Å². The third-order valence-electron chi connectivity index (χ3n) is 2.53. The lowest BCUT2D eigenvalue weighted by molar-refractivity contribution is 0.0642. The molecule has 1 aromatic heterocycles. The van der Waals surface area contributed by atoms with E-state index < -0.39 is 0 Å². The van der Waals surface area contributed by atoms with Crippen LogP contribution >= 0.6 is 0 Å². The summed E-state index contributed by atoms with van der Waals surface area (Å²) in [6.45, 7) is 6.04. The summed E-state index contributed by atoms with van der Waals surface area (Å²) in [7, 11) is 1.64. The lowest BCUT2D eigenvalue weighted by atomic mass is 10.1. The molecular formula is C14H20N2O3. The average molecular weight is 264 g/mol. The monoisotopic (exact) mass is 264 g/mol. The maximum atomic E-state index is 9.08. The van der Waals surface area contributed by atoms with Crippen molar-refractivity contribution in [2.45, 2.75) is 20.3 Å². The molecule has 0 aliphatic rings. The highest BCUT2D eigenvalue weighted by atomic mass is 16.5. The molecule has 1 heterocycles. The van der Waals surface area contributed by atoms with Gasteiger partial charge in [-0.15, -0.1) is 0 Å². The van der Waals surface area contributed by atoms with E-state index in [9.17, 15) is 0 Å². The Labute approximate surface area is 114 Å². The van der Waals surface area contributed by atoms with Crippen molar-refractivity contribution < 1.29 is 14.2 Å². The first-order valence-corrected chi connectivity index (χ1v) is 6.27. The van der Waals surface area contributed by atoms with Crippen LogP contribution in [0.3, 0.4) is 0 Å². The SMILES string of the molecule is COCCOCCCOc1nc(C)cc(C)c1C#N. The van der Waals surface area contributed by atoms with Crippen molar-refractivity contribution in [3.63, 3.8) is 0 Å². The molecule has 0 aromatic carbocycles. The molecule has 0 saturated carbocycles. The molecule has 0 amide bonds. The zero-order valence-electron chi connectivity index (χ0n) is 11.7. The van der Waals surface area contributed by atoms with Crippen LogP contribution in [-0.2, 0) is 9.47 Å². The summed E-state index contributed by atoms with van der Waals surface area (Å²) in [5.41, 5.74) is 2.25. The lowest BCUT2D eigenvalue weighted by Gasteiger charge is -2.09. The summed E-state index contributed by atoms with van der Waals surface area (Å²) in [6.07, 6.45) is 0.753. The first-order chi connectivity index (χ1) is 9.19. The van der Waals surface area contributed by atoms with Crippen LogP contribution in [0.25, 0.3) is 0 Å². The summed E-state index contributed by atoms with van der Waals surface area (Å²) in [6, 6.07) is 4.00. The van der Waals surface area contributed by atoms with Gasteiger partial charge in [-0.2, -0.15) is 5.26 Å². The quantitative estimate of drug-likeness (QED) is 0.672. The van der Waals surface area contributed by atoms with Gasteiger partial charge in [0.25, 0.3) is 0 Å². The molecule has 0 atom stereocenters. The first kappa shape index (κ1) is 15.4. The number of aryl methyl sites for hydroxylation is 2. The van der Waals surface area contributed by atoms with Gasteiger partial charge >= 0.3 is 0 Å². The fourth-order valence-corrected chi connectivity index (χ4v) is 1.62. The molecule has 0 aliphatic heterocycles. The van der Waals surface area contributed by atoms with Gasteiger partial charge in [-0.3, -0.25) is 0 Å². The van der Waals surface area contributed by atoms with Gasteiger partial charge in [0.2, 0.25) is 5.88 Å². The molecule has 0 fully saturated rings. The molecule has 0 saturated heterocycles. The smallest absolute Gasteiger partial charge is 0.232 e. The second-order valence-corrected chi connectivity index (χ2v) is 4.18. The fourth-order valence-electron chi connectivity index (χ4n) is 1.62. The van der Waals surface area contributed by atoms with E-state index in [1.165, 1.54) is 0 Å². The lowest BCUT2D eigenvalue weighted by Crippen LogP contribution is -2.08. The molecule has 104 valence electrons. The fraction of sp³-hybridized carbons (Fsp3) is 0.571. The van der Waals surface area contributed by atoms with Crippen molar-refractivity contribution in [3.05, 3.63) is 22.9 Å². The molecule has 5 heteroatoms.